The van der Waals surface area contributed by atoms with E-state index >= 15 is 0 Å². The van der Waals surface area contributed by atoms with Gasteiger partial charge in [0.05, 0.1) is 17.2 Å². The highest BCUT2D eigenvalue weighted by molar-refractivity contribution is 7.99. The van der Waals surface area contributed by atoms with Gasteiger partial charge < -0.3 is 10.1 Å². The van der Waals surface area contributed by atoms with E-state index in [0.29, 0.717) is 24.1 Å². The van der Waals surface area contributed by atoms with Gasteiger partial charge in [-0.2, -0.15) is 0 Å². The second kappa shape index (κ2) is 7.27. The maximum atomic E-state index is 11.5. The number of hydrogen-bond donors (Lipinski definition) is 2. The van der Waals surface area contributed by atoms with Gasteiger partial charge in [-0.05, 0) is 11.4 Å². The predicted molar refractivity (Wildman–Crippen MR) is 75.3 cm³/mol. The van der Waals surface area contributed by atoms with Crippen LogP contribution in [0.2, 0.25) is 0 Å². The summed E-state index contributed by atoms with van der Waals surface area (Å²) in [5.41, 5.74) is 0. The van der Waals surface area contributed by atoms with E-state index in [1.54, 1.807) is 18.4 Å². The van der Waals surface area contributed by atoms with Gasteiger partial charge in [-0.15, -0.1) is 16.4 Å². The molecule has 0 spiro atoms. The maximum Gasteiger partial charge on any atom is 0.230 e. The summed E-state index contributed by atoms with van der Waals surface area (Å²) in [6.45, 7) is 1.03. The van der Waals surface area contributed by atoms with Crippen molar-refractivity contribution in [2.75, 3.05) is 26.0 Å². The summed E-state index contributed by atoms with van der Waals surface area (Å²) in [6.07, 6.45) is 0. The van der Waals surface area contributed by atoms with E-state index < -0.39 is 0 Å². The van der Waals surface area contributed by atoms with Gasteiger partial charge in [-0.25, -0.2) is 4.98 Å². The fraction of sp³-hybridized carbons (Fsp3) is 0.364. The van der Waals surface area contributed by atoms with Crippen LogP contribution in [0.3, 0.4) is 0 Å². The second-order valence-electron chi connectivity index (χ2n) is 3.58. The fourth-order valence-electron chi connectivity index (χ4n) is 1.31. The molecule has 8 heteroatoms. The van der Waals surface area contributed by atoms with Crippen molar-refractivity contribution in [2.45, 2.75) is 5.16 Å². The molecule has 0 aromatic carbocycles. The number of aromatic nitrogens is 3. The Balaban J connectivity index is 1.79. The zero-order valence-corrected chi connectivity index (χ0v) is 12.0. The number of methoxy groups -OCH3 is 1. The Kier molecular flexibility index (Phi) is 5.37. The number of amides is 1. The van der Waals surface area contributed by atoms with Gasteiger partial charge in [-0.3, -0.25) is 9.89 Å². The lowest BCUT2D eigenvalue weighted by molar-refractivity contribution is -0.118. The van der Waals surface area contributed by atoms with Crippen molar-refractivity contribution in [1.82, 2.24) is 20.5 Å². The van der Waals surface area contributed by atoms with Crippen molar-refractivity contribution < 1.29 is 9.53 Å². The van der Waals surface area contributed by atoms with Crippen LogP contribution in [0, 0.1) is 0 Å². The molecule has 19 heavy (non-hydrogen) atoms. The minimum Gasteiger partial charge on any atom is -0.383 e. The number of thiophene rings is 1. The summed E-state index contributed by atoms with van der Waals surface area (Å²) in [7, 11) is 1.60. The first-order valence-corrected chi connectivity index (χ1v) is 7.51. The lowest BCUT2D eigenvalue weighted by Crippen LogP contribution is -2.28. The molecule has 0 radical (unpaired) electrons. The Bertz CT molecular complexity index is 513. The first kappa shape index (κ1) is 14.0. The van der Waals surface area contributed by atoms with E-state index in [1.165, 1.54) is 11.8 Å². The molecule has 0 bridgehead atoms. The number of carbonyl (C=O) groups excluding carboxylic acids is 1. The molecule has 2 rings (SSSR count). The van der Waals surface area contributed by atoms with Crippen LogP contribution in [0.5, 0.6) is 0 Å². The molecule has 6 nitrogen and oxygen atoms in total. The first-order chi connectivity index (χ1) is 9.29. The monoisotopic (exact) mass is 298 g/mol. The molecule has 0 saturated heterocycles. The van der Waals surface area contributed by atoms with Crippen molar-refractivity contribution in [3.05, 3.63) is 17.5 Å². The largest absolute Gasteiger partial charge is 0.383 e. The molecule has 2 heterocycles. The van der Waals surface area contributed by atoms with Crippen LogP contribution in [-0.2, 0) is 9.53 Å². The summed E-state index contributed by atoms with van der Waals surface area (Å²) < 4.78 is 4.85. The van der Waals surface area contributed by atoms with Crippen LogP contribution in [-0.4, -0.2) is 47.1 Å². The molecule has 2 aromatic rings. The van der Waals surface area contributed by atoms with E-state index in [-0.39, 0.29) is 5.91 Å². The molecule has 1 amide bonds. The molecule has 0 aliphatic carbocycles. The number of carbonyl (C=O) groups is 1. The molecular formula is C11H14N4O2S2. The average molecular weight is 298 g/mol. The summed E-state index contributed by atoms with van der Waals surface area (Å²) in [4.78, 5) is 16.8. The van der Waals surface area contributed by atoms with E-state index in [2.05, 4.69) is 20.5 Å². The summed E-state index contributed by atoms with van der Waals surface area (Å²) in [5.74, 6) is 0.979. The summed E-state index contributed by atoms with van der Waals surface area (Å²) >= 11 is 2.89. The van der Waals surface area contributed by atoms with Crippen molar-refractivity contribution in [3.8, 4) is 10.7 Å². The van der Waals surface area contributed by atoms with Crippen LogP contribution < -0.4 is 5.32 Å². The zero-order chi connectivity index (χ0) is 13.5. The van der Waals surface area contributed by atoms with Gasteiger partial charge in [0.2, 0.25) is 11.1 Å². The van der Waals surface area contributed by atoms with Crippen molar-refractivity contribution in [3.63, 3.8) is 0 Å². The van der Waals surface area contributed by atoms with Crippen LogP contribution in [0.1, 0.15) is 0 Å². The Labute approximate surface area is 119 Å². The number of nitrogens with one attached hydrogen (secondary N) is 2. The Hall–Kier alpha value is -1.38. The normalized spacial score (nSPS) is 10.6. The van der Waals surface area contributed by atoms with Gasteiger partial charge in [0.1, 0.15) is 0 Å². The minimum atomic E-state index is -0.0514. The Morgan fingerprint density at radius 2 is 2.53 bits per heavy atom. The number of ether oxygens (including phenoxy) is 1. The average Bonchev–Trinajstić information content (AvgIpc) is 3.07. The summed E-state index contributed by atoms with van der Waals surface area (Å²) in [6, 6.07) is 3.93. The molecule has 2 aromatic heterocycles. The van der Waals surface area contributed by atoms with E-state index in [9.17, 15) is 4.79 Å². The number of H-pyrrole nitrogens is 1. The first-order valence-electron chi connectivity index (χ1n) is 5.64. The zero-order valence-electron chi connectivity index (χ0n) is 10.4. The Morgan fingerprint density at radius 3 is 3.26 bits per heavy atom. The quantitative estimate of drug-likeness (QED) is 0.596. The lowest BCUT2D eigenvalue weighted by Gasteiger charge is -2.02. The highest BCUT2D eigenvalue weighted by Gasteiger charge is 2.09. The van der Waals surface area contributed by atoms with Crippen LogP contribution in [0.15, 0.2) is 22.7 Å². The minimum absolute atomic E-state index is 0.0514. The molecule has 102 valence electrons. The molecule has 0 aliphatic heterocycles. The molecule has 2 N–H and O–H groups in total. The number of nitrogens with zero attached hydrogens (tertiary/aromatic N) is 2. The van der Waals surface area contributed by atoms with Gasteiger partial charge in [0.15, 0.2) is 5.82 Å². The van der Waals surface area contributed by atoms with E-state index in [4.69, 9.17) is 4.74 Å². The third kappa shape index (κ3) is 4.34. The van der Waals surface area contributed by atoms with Crippen LogP contribution in [0.25, 0.3) is 10.7 Å². The lowest BCUT2D eigenvalue weighted by atomic mass is 10.4. The standard InChI is InChI=1S/C11H14N4O2S2/c1-17-5-4-12-9(16)7-19-11-13-10(14-15-11)8-3-2-6-18-8/h2-3,6H,4-5,7H2,1H3,(H,12,16)(H,13,14,15). The molecule has 0 aliphatic rings. The van der Waals surface area contributed by atoms with Crippen molar-refractivity contribution in [1.29, 1.82) is 0 Å². The number of hydrogen-bond acceptors (Lipinski definition) is 6. The molecular weight excluding hydrogens is 284 g/mol. The maximum absolute atomic E-state index is 11.5. The molecule has 0 fully saturated rings. The Morgan fingerprint density at radius 1 is 1.63 bits per heavy atom. The van der Waals surface area contributed by atoms with Gasteiger partial charge >= 0.3 is 0 Å². The number of thioether (sulfide) groups is 1. The third-order valence-corrected chi connectivity index (χ3v) is 3.90. The van der Waals surface area contributed by atoms with Gasteiger partial charge in [0.25, 0.3) is 0 Å². The van der Waals surface area contributed by atoms with Crippen LogP contribution in [0.4, 0.5) is 0 Å². The van der Waals surface area contributed by atoms with Gasteiger partial charge in [-0.1, -0.05) is 17.8 Å². The van der Waals surface area contributed by atoms with Crippen molar-refractivity contribution >= 4 is 29.0 Å². The molecule has 0 unspecified atom stereocenters. The van der Waals surface area contributed by atoms with Crippen molar-refractivity contribution in [2.24, 2.45) is 0 Å². The molecule has 0 saturated carbocycles. The van der Waals surface area contributed by atoms with E-state index in [1.807, 2.05) is 17.5 Å². The predicted octanol–water partition coefficient (Wildman–Crippen LogP) is 1.39. The van der Waals surface area contributed by atoms with Gasteiger partial charge in [0, 0.05) is 13.7 Å². The number of rotatable bonds is 7. The topological polar surface area (TPSA) is 79.9 Å². The number of aromatic amines is 1. The van der Waals surface area contributed by atoms with E-state index in [0.717, 1.165) is 10.7 Å². The smallest absolute Gasteiger partial charge is 0.230 e. The highest BCUT2D eigenvalue weighted by Crippen LogP contribution is 2.22. The highest BCUT2D eigenvalue weighted by atomic mass is 32.2. The van der Waals surface area contributed by atoms with Crippen LogP contribution >= 0.6 is 23.1 Å². The third-order valence-electron chi connectivity index (χ3n) is 2.18. The SMILES string of the molecule is COCCNC(=O)CSc1n[nH]c(-c2cccs2)n1. The molecule has 0 atom stereocenters. The summed E-state index contributed by atoms with van der Waals surface area (Å²) in [5, 5.41) is 12.2. The fourth-order valence-corrected chi connectivity index (χ4v) is 2.60. The second-order valence-corrected chi connectivity index (χ2v) is 5.47.